The Morgan fingerprint density at radius 2 is 1.90 bits per heavy atom. The van der Waals surface area contributed by atoms with Crippen LogP contribution in [0.4, 0.5) is 0 Å². The largest absolute Gasteiger partial charge is 0.311 e. The minimum atomic E-state index is 0.679. The van der Waals surface area contributed by atoms with Crippen LogP contribution in [0.1, 0.15) is 53.9 Å². The minimum absolute atomic E-state index is 0.679. The van der Waals surface area contributed by atoms with Gasteiger partial charge in [0.2, 0.25) is 0 Å². The van der Waals surface area contributed by atoms with Gasteiger partial charge in [-0.1, -0.05) is 41.0 Å². The van der Waals surface area contributed by atoms with Crippen molar-refractivity contribution >= 4 is 11.8 Å². The summed E-state index contributed by atoms with van der Waals surface area (Å²) in [5, 5.41) is 4.68. The van der Waals surface area contributed by atoms with E-state index in [0.717, 1.165) is 29.2 Å². The molecule has 0 aromatic heterocycles. The Labute approximate surface area is 130 Å². The normalized spacial score (nSPS) is 36.1. The number of nitrogens with one attached hydrogen (secondary N) is 1. The summed E-state index contributed by atoms with van der Waals surface area (Å²) in [5.74, 6) is 2.76. The van der Waals surface area contributed by atoms with E-state index < -0.39 is 0 Å². The van der Waals surface area contributed by atoms with Crippen LogP contribution in [0.3, 0.4) is 0 Å². The first kappa shape index (κ1) is 16.6. The number of piperazine rings is 1. The van der Waals surface area contributed by atoms with E-state index in [9.17, 15) is 0 Å². The maximum Gasteiger partial charge on any atom is 0.0247 e. The van der Waals surface area contributed by atoms with Gasteiger partial charge in [0.05, 0.1) is 0 Å². The first-order valence-electron chi connectivity index (χ1n) is 8.65. The molecular formula is C17H34N2S. The maximum atomic E-state index is 3.80. The van der Waals surface area contributed by atoms with Crippen molar-refractivity contribution < 1.29 is 0 Å². The van der Waals surface area contributed by atoms with Crippen LogP contribution in [-0.2, 0) is 0 Å². The highest BCUT2D eigenvalue weighted by atomic mass is 32.2. The Kier molecular flexibility index (Phi) is 6.25. The van der Waals surface area contributed by atoms with Gasteiger partial charge in [-0.2, -0.15) is 11.8 Å². The van der Waals surface area contributed by atoms with E-state index in [1.54, 1.807) is 0 Å². The molecule has 20 heavy (non-hydrogen) atoms. The van der Waals surface area contributed by atoms with E-state index >= 15 is 0 Å². The van der Waals surface area contributed by atoms with Crippen molar-refractivity contribution in [2.45, 2.75) is 77.3 Å². The molecule has 2 aliphatic rings. The topological polar surface area (TPSA) is 15.3 Å². The molecule has 0 spiro atoms. The third-order valence-electron chi connectivity index (χ3n) is 5.22. The average Bonchev–Trinajstić information content (AvgIpc) is 2.86. The van der Waals surface area contributed by atoms with E-state index in [1.165, 1.54) is 38.1 Å². The third-order valence-corrected chi connectivity index (χ3v) is 6.53. The molecule has 1 aliphatic heterocycles. The molecule has 2 rings (SSSR count). The van der Waals surface area contributed by atoms with Gasteiger partial charge in [-0.05, 0) is 30.4 Å². The van der Waals surface area contributed by atoms with E-state index in [1.807, 2.05) is 0 Å². The summed E-state index contributed by atoms with van der Waals surface area (Å²) in [6, 6.07) is 2.24. The Hall–Kier alpha value is 0.270. The van der Waals surface area contributed by atoms with Gasteiger partial charge in [-0.15, -0.1) is 0 Å². The second-order valence-corrected chi connectivity index (χ2v) is 8.78. The molecule has 3 heteroatoms. The van der Waals surface area contributed by atoms with Crippen molar-refractivity contribution in [3.8, 4) is 0 Å². The number of thioether (sulfide) groups is 1. The van der Waals surface area contributed by atoms with Crippen molar-refractivity contribution in [2.75, 3.05) is 18.8 Å². The fourth-order valence-corrected chi connectivity index (χ4v) is 5.23. The first-order chi connectivity index (χ1) is 9.54. The molecule has 1 saturated heterocycles. The van der Waals surface area contributed by atoms with Gasteiger partial charge in [0.1, 0.15) is 0 Å². The quantitative estimate of drug-likeness (QED) is 0.834. The summed E-state index contributed by atoms with van der Waals surface area (Å²) in [5.41, 5.74) is 0. The lowest BCUT2D eigenvalue weighted by Crippen LogP contribution is -2.63. The fourth-order valence-electron chi connectivity index (χ4n) is 3.96. The van der Waals surface area contributed by atoms with Crippen LogP contribution in [0, 0.1) is 11.8 Å². The zero-order chi connectivity index (χ0) is 14.7. The van der Waals surface area contributed by atoms with Crippen LogP contribution in [0.2, 0.25) is 0 Å². The van der Waals surface area contributed by atoms with Crippen LogP contribution >= 0.6 is 11.8 Å². The lowest BCUT2D eigenvalue weighted by molar-refractivity contribution is 0.0494. The van der Waals surface area contributed by atoms with Gasteiger partial charge >= 0.3 is 0 Å². The predicted octanol–water partition coefficient (Wildman–Crippen LogP) is 3.62. The number of nitrogens with zero attached hydrogens (tertiary/aromatic N) is 1. The van der Waals surface area contributed by atoms with E-state index in [4.69, 9.17) is 0 Å². The molecule has 1 saturated carbocycles. The Bertz CT molecular complexity index is 293. The van der Waals surface area contributed by atoms with Crippen LogP contribution in [0.15, 0.2) is 0 Å². The van der Waals surface area contributed by atoms with Crippen molar-refractivity contribution in [3.05, 3.63) is 0 Å². The average molecular weight is 299 g/mol. The van der Waals surface area contributed by atoms with Crippen LogP contribution in [-0.4, -0.2) is 47.1 Å². The minimum Gasteiger partial charge on any atom is -0.311 e. The van der Waals surface area contributed by atoms with Crippen LogP contribution in [0.5, 0.6) is 0 Å². The van der Waals surface area contributed by atoms with Crippen molar-refractivity contribution in [1.82, 2.24) is 10.2 Å². The molecule has 1 aliphatic carbocycles. The zero-order valence-corrected chi connectivity index (χ0v) is 14.9. The standard InChI is InChI=1S/C17H34N2S/c1-6-20-17-9-7-8-15(17)19-11-14(12(2)3)18-10-16(19)13(4)5/h12-18H,6-11H2,1-5H3. The first-order valence-corrected chi connectivity index (χ1v) is 9.70. The van der Waals surface area contributed by atoms with Gasteiger partial charge in [0.15, 0.2) is 0 Å². The summed E-state index contributed by atoms with van der Waals surface area (Å²) in [6.45, 7) is 14.3. The van der Waals surface area contributed by atoms with Crippen molar-refractivity contribution in [3.63, 3.8) is 0 Å². The van der Waals surface area contributed by atoms with E-state index in [-0.39, 0.29) is 0 Å². The molecule has 1 heterocycles. The fraction of sp³-hybridized carbons (Fsp3) is 1.00. The lowest BCUT2D eigenvalue weighted by atomic mass is 9.92. The van der Waals surface area contributed by atoms with Crippen LogP contribution < -0.4 is 5.32 Å². The summed E-state index contributed by atoms with van der Waals surface area (Å²) >= 11 is 2.20. The molecular weight excluding hydrogens is 264 g/mol. The summed E-state index contributed by atoms with van der Waals surface area (Å²) < 4.78 is 0. The predicted molar refractivity (Wildman–Crippen MR) is 91.5 cm³/mol. The van der Waals surface area contributed by atoms with E-state index in [2.05, 4.69) is 56.6 Å². The van der Waals surface area contributed by atoms with Crippen molar-refractivity contribution in [1.29, 1.82) is 0 Å². The van der Waals surface area contributed by atoms with Gasteiger partial charge < -0.3 is 5.32 Å². The summed E-state index contributed by atoms with van der Waals surface area (Å²) in [6.07, 6.45) is 4.29. The van der Waals surface area contributed by atoms with Gasteiger partial charge in [0.25, 0.3) is 0 Å². The monoisotopic (exact) mass is 298 g/mol. The zero-order valence-electron chi connectivity index (χ0n) is 14.1. The maximum absolute atomic E-state index is 3.80. The number of hydrogen-bond donors (Lipinski definition) is 1. The second kappa shape index (κ2) is 7.51. The molecule has 0 radical (unpaired) electrons. The Morgan fingerprint density at radius 1 is 1.15 bits per heavy atom. The second-order valence-electron chi connectivity index (χ2n) is 7.26. The molecule has 0 aromatic rings. The molecule has 0 amide bonds. The number of hydrogen-bond acceptors (Lipinski definition) is 3. The smallest absolute Gasteiger partial charge is 0.0247 e. The highest BCUT2D eigenvalue weighted by molar-refractivity contribution is 7.99. The summed E-state index contributed by atoms with van der Waals surface area (Å²) in [4.78, 5) is 2.90. The highest BCUT2D eigenvalue weighted by Crippen LogP contribution is 2.36. The highest BCUT2D eigenvalue weighted by Gasteiger charge is 2.40. The van der Waals surface area contributed by atoms with Crippen LogP contribution in [0.25, 0.3) is 0 Å². The molecule has 2 fully saturated rings. The molecule has 0 aromatic carbocycles. The van der Waals surface area contributed by atoms with Gasteiger partial charge in [-0.25, -0.2) is 0 Å². The molecule has 1 N–H and O–H groups in total. The molecule has 2 nitrogen and oxygen atoms in total. The molecule has 118 valence electrons. The van der Waals surface area contributed by atoms with Gasteiger partial charge in [-0.3, -0.25) is 4.90 Å². The Balaban J connectivity index is 2.10. The van der Waals surface area contributed by atoms with Gasteiger partial charge in [0, 0.05) is 36.5 Å². The number of rotatable bonds is 5. The van der Waals surface area contributed by atoms with E-state index in [0.29, 0.717) is 6.04 Å². The summed E-state index contributed by atoms with van der Waals surface area (Å²) in [7, 11) is 0. The SMILES string of the molecule is CCSC1CCCC1N1CC(C(C)C)NCC1C(C)C. The molecule has 0 bridgehead atoms. The van der Waals surface area contributed by atoms with Crippen molar-refractivity contribution in [2.24, 2.45) is 11.8 Å². The third kappa shape index (κ3) is 3.72. The molecule has 4 atom stereocenters. The lowest BCUT2D eigenvalue weighted by Gasteiger charge is -2.48. The molecule has 4 unspecified atom stereocenters. The Morgan fingerprint density at radius 3 is 2.50 bits per heavy atom.